The molecule has 2 heterocycles. The summed E-state index contributed by atoms with van der Waals surface area (Å²) in [5, 5.41) is 10.9. The number of carboxylic acid groups (broad SMARTS) is 1. The zero-order chi connectivity index (χ0) is 21.7. The normalized spacial score (nSPS) is 14.9. The van der Waals surface area contributed by atoms with Crippen molar-refractivity contribution < 1.29 is 9.90 Å². The topological polar surface area (TPSA) is 140 Å². The van der Waals surface area contributed by atoms with Crippen LogP contribution >= 0.6 is 0 Å². The van der Waals surface area contributed by atoms with Gasteiger partial charge in [-0.25, -0.2) is 4.99 Å². The SMILES string of the molecule is CC(=O)O.Cc1ccc(C2=Nc3c(N)nc(N)nc3NC(c3ccccc3)C2)cc1. The van der Waals surface area contributed by atoms with Crippen molar-refractivity contribution in [2.24, 2.45) is 4.99 Å². The smallest absolute Gasteiger partial charge is 0.300 e. The Morgan fingerprint density at radius 2 is 1.70 bits per heavy atom. The van der Waals surface area contributed by atoms with Crippen LogP contribution < -0.4 is 16.8 Å². The highest BCUT2D eigenvalue weighted by Crippen LogP contribution is 2.37. The first kappa shape index (κ1) is 20.8. The van der Waals surface area contributed by atoms with Gasteiger partial charge in [0.1, 0.15) is 5.69 Å². The van der Waals surface area contributed by atoms with Crippen LogP contribution in [0, 0.1) is 6.92 Å². The molecular weight excluding hydrogens is 380 g/mol. The molecule has 8 heteroatoms. The lowest BCUT2D eigenvalue weighted by molar-refractivity contribution is -0.134. The van der Waals surface area contributed by atoms with Crippen LogP contribution in [0.1, 0.15) is 36.1 Å². The largest absolute Gasteiger partial charge is 0.481 e. The molecule has 4 rings (SSSR count). The Balaban J connectivity index is 0.000000589. The van der Waals surface area contributed by atoms with Gasteiger partial charge in [0, 0.05) is 13.3 Å². The third-order valence-electron chi connectivity index (χ3n) is 4.47. The predicted molar refractivity (Wildman–Crippen MR) is 119 cm³/mol. The average molecular weight is 404 g/mol. The summed E-state index contributed by atoms with van der Waals surface area (Å²) < 4.78 is 0. The van der Waals surface area contributed by atoms with Gasteiger partial charge in [-0.2, -0.15) is 9.97 Å². The molecule has 0 amide bonds. The summed E-state index contributed by atoms with van der Waals surface area (Å²) >= 11 is 0. The van der Waals surface area contributed by atoms with Gasteiger partial charge in [-0.3, -0.25) is 4.79 Å². The minimum atomic E-state index is -0.833. The van der Waals surface area contributed by atoms with E-state index >= 15 is 0 Å². The maximum absolute atomic E-state index is 9.00. The zero-order valence-corrected chi connectivity index (χ0v) is 16.8. The molecule has 1 aliphatic rings. The Morgan fingerprint density at radius 1 is 1.07 bits per heavy atom. The zero-order valence-electron chi connectivity index (χ0n) is 16.8. The lowest BCUT2D eigenvalue weighted by Gasteiger charge is -2.19. The van der Waals surface area contributed by atoms with Crippen molar-refractivity contribution in [1.29, 1.82) is 0 Å². The van der Waals surface area contributed by atoms with E-state index in [1.807, 2.05) is 18.2 Å². The van der Waals surface area contributed by atoms with E-state index in [0.717, 1.165) is 23.8 Å². The quantitative estimate of drug-likeness (QED) is 0.510. The maximum Gasteiger partial charge on any atom is 0.300 e. The number of nitrogens with zero attached hydrogens (tertiary/aromatic N) is 3. The lowest BCUT2D eigenvalue weighted by atomic mass is 9.97. The van der Waals surface area contributed by atoms with E-state index in [-0.39, 0.29) is 17.8 Å². The molecule has 0 saturated heterocycles. The van der Waals surface area contributed by atoms with Crippen LogP contribution in [-0.4, -0.2) is 26.8 Å². The fourth-order valence-corrected chi connectivity index (χ4v) is 3.11. The first-order valence-corrected chi connectivity index (χ1v) is 9.42. The summed E-state index contributed by atoms with van der Waals surface area (Å²) in [7, 11) is 0. The molecule has 0 aliphatic carbocycles. The van der Waals surface area contributed by atoms with Crippen LogP contribution in [-0.2, 0) is 4.79 Å². The van der Waals surface area contributed by atoms with Crippen molar-refractivity contribution in [3.63, 3.8) is 0 Å². The molecule has 1 aliphatic heterocycles. The van der Waals surface area contributed by atoms with Gasteiger partial charge in [0.25, 0.3) is 5.97 Å². The molecule has 0 bridgehead atoms. The Labute approximate surface area is 174 Å². The van der Waals surface area contributed by atoms with Crippen molar-refractivity contribution in [3.8, 4) is 0 Å². The summed E-state index contributed by atoms with van der Waals surface area (Å²) in [6, 6.07) is 18.5. The maximum atomic E-state index is 9.00. The number of aliphatic carboxylic acids is 1. The van der Waals surface area contributed by atoms with E-state index in [1.165, 1.54) is 5.56 Å². The number of carboxylic acids is 1. The number of aromatic nitrogens is 2. The van der Waals surface area contributed by atoms with Crippen molar-refractivity contribution in [3.05, 3.63) is 71.3 Å². The molecule has 6 N–H and O–H groups in total. The number of anilines is 3. The first-order chi connectivity index (χ1) is 14.3. The average Bonchev–Trinajstić information content (AvgIpc) is 2.89. The van der Waals surface area contributed by atoms with Gasteiger partial charge in [0.15, 0.2) is 11.6 Å². The number of benzene rings is 2. The summed E-state index contributed by atoms with van der Waals surface area (Å²) in [4.78, 5) is 22.2. The van der Waals surface area contributed by atoms with Gasteiger partial charge < -0.3 is 21.9 Å². The highest BCUT2D eigenvalue weighted by atomic mass is 16.4. The minimum Gasteiger partial charge on any atom is -0.481 e. The number of hydrogen-bond donors (Lipinski definition) is 4. The van der Waals surface area contributed by atoms with Gasteiger partial charge in [-0.15, -0.1) is 0 Å². The Bertz CT molecular complexity index is 1060. The molecule has 154 valence electrons. The molecule has 2 aromatic carbocycles. The molecule has 0 spiro atoms. The lowest BCUT2D eigenvalue weighted by Crippen LogP contribution is -2.15. The molecule has 0 saturated carbocycles. The molecule has 1 aromatic heterocycles. The van der Waals surface area contributed by atoms with E-state index in [4.69, 9.17) is 26.4 Å². The second-order valence-electron chi connectivity index (χ2n) is 6.92. The third-order valence-corrected chi connectivity index (χ3v) is 4.47. The van der Waals surface area contributed by atoms with E-state index < -0.39 is 5.97 Å². The van der Waals surface area contributed by atoms with Crippen LogP contribution in [0.2, 0.25) is 0 Å². The van der Waals surface area contributed by atoms with Gasteiger partial charge in [-0.05, 0) is 18.1 Å². The first-order valence-electron chi connectivity index (χ1n) is 9.42. The van der Waals surface area contributed by atoms with Gasteiger partial charge in [0.05, 0.1) is 11.8 Å². The predicted octanol–water partition coefficient (Wildman–Crippen LogP) is 3.72. The molecule has 8 nitrogen and oxygen atoms in total. The fraction of sp³-hybridized carbons (Fsp3) is 0.182. The molecule has 0 radical (unpaired) electrons. The number of rotatable bonds is 2. The highest BCUT2D eigenvalue weighted by Gasteiger charge is 2.24. The van der Waals surface area contributed by atoms with Crippen LogP contribution in [0.4, 0.5) is 23.3 Å². The second kappa shape index (κ2) is 9.04. The molecule has 3 aromatic rings. The van der Waals surface area contributed by atoms with Crippen molar-refractivity contribution in [2.75, 3.05) is 16.8 Å². The van der Waals surface area contributed by atoms with Crippen molar-refractivity contribution >= 4 is 35.0 Å². The number of nitrogens with two attached hydrogens (primary N) is 2. The fourth-order valence-electron chi connectivity index (χ4n) is 3.11. The second-order valence-corrected chi connectivity index (χ2v) is 6.92. The van der Waals surface area contributed by atoms with Crippen LogP contribution in [0.5, 0.6) is 0 Å². The third kappa shape index (κ3) is 5.11. The monoisotopic (exact) mass is 404 g/mol. The van der Waals surface area contributed by atoms with E-state index in [9.17, 15) is 0 Å². The summed E-state index contributed by atoms with van der Waals surface area (Å²) in [5.74, 6) is 0.138. The number of nitrogen functional groups attached to an aromatic ring is 2. The number of aryl methyl sites for hydroxylation is 1. The highest BCUT2D eigenvalue weighted by molar-refractivity contribution is 6.04. The minimum absolute atomic E-state index is 0.00574. The molecule has 1 atom stereocenters. The Kier molecular flexibility index (Phi) is 6.26. The number of fused-ring (bicyclic) bond motifs is 1. The van der Waals surface area contributed by atoms with Crippen LogP contribution in [0.25, 0.3) is 0 Å². The van der Waals surface area contributed by atoms with Crippen LogP contribution in [0.15, 0.2) is 59.6 Å². The van der Waals surface area contributed by atoms with Crippen molar-refractivity contribution in [2.45, 2.75) is 26.3 Å². The molecule has 30 heavy (non-hydrogen) atoms. The Hall–Kier alpha value is -3.94. The standard InChI is InChI=1S/C20H20N6.C2H4O2/c1-12-7-9-14(10-8-12)15-11-16(13-5-3-2-4-6-13)24-19-17(23-15)18(21)25-20(22)26-19;1-2(3)4/h2-10,16H,11H2,1H3,(H5,21,22,24,25,26);1H3,(H,3,4). The van der Waals surface area contributed by atoms with Gasteiger partial charge >= 0.3 is 0 Å². The molecular formula is C22H24N6O2. The number of hydrogen-bond acceptors (Lipinski definition) is 7. The van der Waals surface area contributed by atoms with Crippen LogP contribution in [0.3, 0.4) is 0 Å². The van der Waals surface area contributed by atoms with E-state index in [1.54, 1.807) is 0 Å². The van der Waals surface area contributed by atoms with Crippen molar-refractivity contribution in [1.82, 2.24) is 9.97 Å². The summed E-state index contributed by atoms with van der Waals surface area (Å²) in [6.07, 6.45) is 0.697. The van der Waals surface area contributed by atoms with E-state index in [2.05, 4.69) is 58.6 Å². The van der Waals surface area contributed by atoms with E-state index in [0.29, 0.717) is 17.9 Å². The number of aliphatic imine (C=N–C) groups is 1. The number of nitrogens with one attached hydrogen (secondary N) is 1. The van der Waals surface area contributed by atoms with Gasteiger partial charge in [0.2, 0.25) is 5.95 Å². The number of carbonyl (C=O) groups is 1. The van der Waals surface area contributed by atoms with Gasteiger partial charge in [-0.1, -0.05) is 60.2 Å². The summed E-state index contributed by atoms with van der Waals surface area (Å²) in [6.45, 7) is 3.15. The molecule has 0 fully saturated rings. The Morgan fingerprint density at radius 3 is 2.33 bits per heavy atom. The molecule has 1 unspecified atom stereocenters. The summed E-state index contributed by atoms with van der Waals surface area (Å²) in [5.41, 5.74) is 16.8.